The summed E-state index contributed by atoms with van der Waals surface area (Å²) in [6.07, 6.45) is 48.7. The van der Waals surface area contributed by atoms with E-state index in [0.717, 1.165) is 13.1 Å². The van der Waals surface area contributed by atoms with Gasteiger partial charge in [-0.3, -0.25) is 0 Å². The Kier molecular flexibility index (Phi) is 45.6. The van der Waals surface area contributed by atoms with Crippen LogP contribution in [-0.2, 0) is 0 Å². The van der Waals surface area contributed by atoms with Gasteiger partial charge >= 0.3 is 0 Å². The summed E-state index contributed by atoms with van der Waals surface area (Å²) in [7, 11) is 0. The Morgan fingerprint density at radius 3 is 0.450 bits per heavy atom. The van der Waals surface area contributed by atoms with Gasteiger partial charge in [0, 0.05) is 0 Å². The van der Waals surface area contributed by atoms with Crippen LogP contribution in [0, 0.1) is 0 Å². The maximum atomic E-state index is 5.49. The molecule has 0 aliphatic rings. The quantitative estimate of drug-likeness (QED) is 0.0761. The third kappa shape index (κ3) is 44.9. The first-order valence-corrected chi connectivity index (χ1v) is 19.2. The smallest absolute Gasteiger partial charge is 0.00773 e. The van der Waals surface area contributed by atoms with Crippen LogP contribution in [-0.4, -0.2) is 13.1 Å². The lowest BCUT2D eigenvalue weighted by Crippen LogP contribution is -1.97. The summed E-state index contributed by atoms with van der Waals surface area (Å²) in [6.45, 7) is 6.33. The molecule has 0 rings (SSSR count). The third-order valence-electron chi connectivity index (χ3n) is 8.62. The molecule has 0 aromatic carbocycles. The molecule has 0 aliphatic carbocycles. The minimum absolute atomic E-state index is 0.874. The van der Waals surface area contributed by atoms with Gasteiger partial charge in [-0.25, -0.2) is 0 Å². The Balaban J connectivity index is 0. The largest absolute Gasteiger partial charge is 0.330 e. The molecule has 0 heterocycles. The van der Waals surface area contributed by atoms with Gasteiger partial charge in [0.05, 0.1) is 0 Å². The first kappa shape index (κ1) is 42.1. The fourth-order valence-electron chi connectivity index (χ4n) is 5.74. The maximum absolute atomic E-state index is 5.49. The van der Waals surface area contributed by atoms with Crippen molar-refractivity contribution in [2.45, 2.75) is 232 Å². The molecule has 0 bridgehead atoms. The molecule has 0 aliphatic heterocycles. The van der Waals surface area contributed by atoms with Crippen molar-refractivity contribution in [1.82, 2.24) is 0 Å². The zero-order valence-corrected chi connectivity index (χ0v) is 28.6. The molecule has 0 saturated carbocycles. The molecule has 0 aromatic heterocycles. The highest BCUT2D eigenvalue weighted by Crippen LogP contribution is 2.15. The summed E-state index contributed by atoms with van der Waals surface area (Å²) in [5.41, 5.74) is 11.0. The predicted octanol–water partition coefficient (Wildman–Crippen LogP) is 13.2. The highest BCUT2D eigenvalue weighted by molar-refractivity contribution is 4.52. The normalized spacial score (nSPS) is 11.1. The highest BCUT2D eigenvalue weighted by Gasteiger charge is 1.96. The van der Waals surface area contributed by atoms with E-state index in [-0.39, 0.29) is 0 Å². The van der Waals surface area contributed by atoms with Crippen molar-refractivity contribution >= 4 is 0 Å². The van der Waals surface area contributed by atoms with Crippen LogP contribution in [0.4, 0.5) is 0 Å². The number of hydrogen-bond acceptors (Lipinski definition) is 2. The third-order valence-corrected chi connectivity index (χ3v) is 8.62. The average molecular weight is 567 g/mol. The summed E-state index contributed by atoms with van der Waals surface area (Å²) < 4.78 is 0. The van der Waals surface area contributed by atoms with E-state index < -0.39 is 0 Å². The summed E-state index contributed by atoms with van der Waals surface area (Å²) in [5.74, 6) is 0. The molecule has 0 unspecified atom stereocenters. The Morgan fingerprint density at radius 1 is 0.200 bits per heavy atom. The minimum Gasteiger partial charge on any atom is -0.330 e. The molecule has 0 saturated heterocycles. The van der Waals surface area contributed by atoms with Gasteiger partial charge in [-0.1, -0.05) is 219 Å². The van der Waals surface area contributed by atoms with E-state index in [9.17, 15) is 0 Å². The van der Waals surface area contributed by atoms with Crippen LogP contribution < -0.4 is 11.5 Å². The fraction of sp³-hybridized carbons (Fsp3) is 1.00. The molecule has 4 N–H and O–H groups in total. The van der Waals surface area contributed by atoms with Crippen LogP contribution >= 0.6 is 0 Å². The minimum atomic E-state index is 0.874. The molecule has 0 fully saturated rings. The highest BCUT2D eigenvalue weighted by atomic mass is 14.5. The fourth-order valence-corrected chi connectivity index (χ4v) is 5.74. The van der Waals surface area contributed by atoms with E-state index in [4.69, 9.17) is 11.5 Å². The Morgan fingerprint density at radius 2 is 0.325 bits per heavy atom. The van der Waals surface area contributed by atoms with Gasteiger partial charge in [-0.15, -0.1) is 0 Å². The van der Waals surface area contributed by atoms with Crippen molar-refractivity contribution in [2.24, 2.45) is 11.5 Å². The standard InChI is InChI=1S/2C19H41N/c2*1-2-3-4-5-6-7-8-9-10-11-12-13-14-15-16-17-18-19-20/h2*2-20H2,1H3. The van der Waals surface area contributed by atoms with Gasteiger partial charge in [0.15, 0.2) is 0 Å². The van der Waals surface area contributed by atoms with E-state index in [0.29, 0.717) is 0 Å². The lowest BCUT2D eigenvalue weighted by atomic mass is 10.0. The summed E-state index contributed by atoms with van der Waals surface area (Å²) >= 11 is 0. The van der Waals surface area contributed by atoms with E-state index in [1.165, 1.54) is 218 Å². The maximum Gasteiger partial charge on any atom is -0.00773 e. The molecular weight excluding hydrogens is 484 g/mol. The second-order valence-corrected chi connectivity index (χ2v) is 12.9. The van der Waals surface area contributed by atoms with Crippen LogP contribution in [0.2, 0.25) is 0 Å². The topological polar surface area (TPSA) is 52.0 Å². The monoisotopic (exact) mass is 567 g/mol. The Labute approximate surface area is 256 Å². The molecule has 0 radical (unpaired) electrons. The number of nitrogens with two attached hydrogens (primary N) is 2. The molecule has 40 heavy (non-hydrogen) atoms. The first-order valence-electron chi connectivity index (χ1n) is 19.2. The van der Waals surface area contributed by atoms with Gasteiger partial charge in [-0.05, 0) is 25.9 Å². The molecule has 2 heteroatoms. The van der Waals surface area contributed by atoms with Gasteiger partial charge in [0.2, 0.25) is 0 Å². The lowest BCUT2D eigenvalue weighted by Gasteiger charge is -2.03. The van der Waals surface area contributed by atoms with Gasteiger partial charge in [0.1, 0.15) is 0 Å². The first-order chi connectivity index (χ1) is 19.8. The van der Waals surface area contributed by atoms with Crippen LogP contribution in [0.5, 0.6) is 0 Å². The van der Waals surface area contributed by atoms with Crippen molar-refractivity contribution < 1.29 is 0 Å². The molecule has 0 atom stereocenters. The van der Waals surface area contributed by atoms with Crippen molar-refractivity contribution in [2.75, 3.05) is 13.1 Å². The molecule has 2 nitrogen and oxygen atoms in total. The Hall–Kier alpha value is -0.0800. The van der Waals surface area contributed by atoms with E-state index in [2.05, 4.69) is 13.8 Å². The van der Waals surface area contributed by atoms with E-state index in [1.807, 2.05) is 0 Å². The van der Waals surface area contributed by atoms with Gasteiger partial charge in [-0.2, -0.15) is 0 Å². The number of hydrogen-bond donors (Lipinski definition) is 2. The van der Waals surface area contributed by atoms with Crippen molar-refractivity contribution in [3.05, 3.63) is 0 Å². The molecule has 244 valence electrons. The Bertz CT molecular complexity index is 312. The second kappa shape index (κ2) is 43.4. The zero-order chi connectivity index (χ0) is 29.5. The molecule has 0 amide bonds. The van der Waals surface area contributed by atoms with E-state index >= 15 is 0 Å². The van der Waals surface area contributed by atoms with Crippen LogP contribution in [0.3, 0.4) is 0 Å². The van der Waals surface area contributed by atoms with Crippen LogP contribution in [0.25, 0.3) is 0 Å². The SMILES string of the molecule is CCCCCCCCCCCCCCCCCCCN.CCCCCCCCCCCCCCCCCCCN. The van der Waals surface area contributed by atoms with Crippen LogP contribution in [0.1, 0.15) is 232 Å². The van der Waals surface area contributed by atoms with Gasteiger partial charge < -0.3 is 11.5 Å². The molecule has 0 aromatic rings. The zero-order valence-electron chi connectivity index (χ0n) is 28.6. The van der Waals surface area contributed by atoms with Gasteiger partial charge in [0.25, 0.3) is 0 Å². The summed E-state index contributed by atoms with van der Waals surface area (Å²) in [6, 6.07) is 0. The summed E-state index contributed by atoms with van der Waals surface area (Å²) in [4.78, 5) is 0. The number of rotatable bonds is 34. The molecule has 0 spiro atoms. The van der Waals surface area contributed by atoms with E-state index in [1.54, 1.807) is 0 Å². The van der Waals surface area contributed by atoms with Crippen LogP contribution in [0.15, 0.2) is 0 Å². The molecular formula is C38H82N2. The number of unbranched alkanes of at least 4 members (excludes halogenated alkanes) is 32. The lowest BCUT2D eigenvalue weighted by molar-refractivity contribution is 0.527. The van der Waals surface area contributed by atoms with Crippen molar-refractivity contribution in [1.29, 1.82) is 0 Å². The van der Waals surface area contributed by atoms with Crippen molar-refractivity contribution in [3.8, 4) is 0 Å². The second-order valence-electron chi connectivity index (χ2n) is 12.9. The van der Waals surface area contributed by atoms with Crippen molar-refractivity contribution in [3.63, 3.8) is 0 Å². The average Bonchev–Trinajstić information content (AvgIpc) is 2.97. The summed E-state index contributed by atoms with van der Waals surface area (Å²) in [5, 5.41) is 0. The predicted molar refractivity (Wildman–Crippen MR) is 186 cm³/mol.